The van der Waals surface area contributed by atoms with Gasteiger partial charge in [-0.15, -0.1) is 4.40 Å². The maximum atomic E-state index is 12.7. The van der Waals surface area contributed by atoms with Crippen LogP contribution in [0.25, 0.3) is 10.2 Å². The quantitative estimate of drug-likeness (QED) is 0.682. The molecule has 7 nitrogen and oxygen atoms in total. The van der Waals surface area contributed by atoms with Crippen molar-refractivity contribution in [3.8, 4) is 17.2 Å². The highest BCUT2D eigenvalue weighted by Crippen LogP contribution is 2.37. The molecule has 26 heavy (non-hydrogen) atoms. The Morgan fingerprint density at radius 1 is 1.19 bits per heavy atom. The van der Waals surface area contributed by atoms with E-state index in [1.165, 1.54) is 30.6 Å². The van der Waals surface area contributed by atoms with Crippen LogP contribution < -0.4 is 19.0 Å². The third kappa shape index (κ3) is 2.82. The molecule has 1 aliphatic heterocycles. The number of benzene rings is 2. The van der Waals surface area contributed by atoms with Crippen LogP contribution in [-0.2, 0) is 16.6 Å². The SMILES string of the molecule is CCn1/c(=N/S(=O)(=O)c2ccc(OC)cc2)sc2cc3c(cc21)OCO3. The van der Waals surface area contributed by atoms with E-state index in [-0.39, 0.29) is 11.7 Å². The molecule has 4 rings (SSSR count). The van der Waals surface area contributed by atoms with Gasteiger partial charge in [0.2, 0.25) is 11.6 Å². The number of ether oxygens (including phenoxy) is 3. The molecule has 0 spiro atoms. The fourth-order valence-electron chi connectivity index (χ4n) is 2.74. The van der Waals surface area contributed by atoms with Crippen molar-refractivity contribution < 1.29 is 22.6 Å². The molecule has 0 amide bonds. The highest BCUT2D eigenvalue weighted by Gasteiger charge is 2.19. The highest BCUT2D eigenvalue weighted by molar-refractivity contribution is 7.90. The Balaban J connectivity index is 1.86. The van der Waals surface area contributed by atoms with Crippen LogP contribution in [0.1, 0.15) is 6.92 Å². The van der Waals surface area contributed by atoms with Gasteiger partial charge in [0.25, 0.3) is 10.0 Å². The normalized spacial score (nSPS) is 14.2. The molecule has 1 aliphatic rings. The zero-order valence-corrected chi connectivity index (χ0v) is 15.8. The van der Waals surface area contributed by atoms with Gasteiger partial charge in [-0.2, -0.15) is 8.42 Å². The summed E-state index contributed by atoms with van der Waals surface area (Å²) < 4.78 is 48.0. The van der Waals surface area contributed by atoms with Crippen molar-refractivity contribution in [1.82, 2.24) is 4.57 Å². The minimum Gasteiger partial charge on any atom is -0.497 e. The van der Waals surface area contributed by atoms with E-state index in [4.69, 9.17) is 14.2 Å². The van der Waals surface area contributed by atoms with Crippen LogP contribution in [0.3, 0.4) is 0 Å². The molecule has 2 heterocycles. The molecule has 0 fully saturated rings. The van der Waals surface area contributed by atoms with Crippen LogP contribution in [0, 0.1) is 0 Å². The van der Waals surface area contributed by atoms with E-state index in [9.17, 15) is 8.42 Å². The van der Waals surface area contributed by atoms with Crippen LogP contribution >= 0.6 is 11.3 Å². The number of methoxy groups -OCH3 is 1. The van der Waals surface area contributed by atoms with Gasteiger partial charge in [-0.3, -0.25) is 0 Å². The molecule has 0 radical (unpaired) electrons. The number of sulfonamides is 1. The second-order valence-corrected chi connectivity index (χ2v) is 8.16. The average molecular weight is 392 g/mol. The van der Waals surface area contributed by atoms with E-state index in [1.54, 1.807) is 12.1 Å². The van der Waals surface area contributed by atoms with Gasteiger partial charge in [-0.1, -0.05) is 11.3 Å². The third-order valence-electron chi connectivity index (χ3n) is 4.05. The van der Waals surface area contributed by atoms with Crippen molar-refractivity contribution in [1.29, 1.82) is 0 Å². The Hall–Kier alpha value is -2.52. The summed E-state index contributed by atoms with van der Waals surface area (Å²) in [4.78, 5) is 0.523. The third-order valence-corrected chi connectivity index (χ3v) is 6.49. The molecule has 0 N–H and O–H groups in total. The maximum Gasteiger partial charge on any atom is 0.285 e. The first-order chi connectivity index (χ1) is 12.5. The number of aryl methyl sites for hydroxylation is 1. The molecule has 1 aromatic heterocycles. The van der Waals surface area contributed by atoms with Gasteiger partial charge < -0.3 is 18.8 Å². The summed E-state index contributed by atoms with van der Waals surface area (Å²) in [6.45, 7) is 2.72. The molecule has 2 aromatic carbocycles. The van der Waals surface area contributed by atoms with Gasteiger partial charge in [-0.25, -0.2) is 0 Å². The Bertz CT molecular complexity index is 1140. The Labute approximate surface area is 154 Å². The van der Waals surface area contributed by atoms with E-state index in [1.807, 2.05) is 23.6 Å². The van der Waals surface area contributed by atoms with Gasteiger partial charge in [-0.05, 0) is 31.2 Å². The molecule has 136 valence electrons. The van der Waals surface area contributed by atoms with Crippen molar-refractivity contribution in [2.75, 3.05) is 13.9 Å². The molecule has 9 heteroatoms. The molecule has 0 bridgehead atoms. The van der Waals surface area contributed by atoms with Crippen molar-refractivity contribution in [3.05, 3.63) is 41.2 Å². The lowest BCUT2D eigenvalue weighted by atomic mass is 10.3. The Morgan fingerprint density at radius 3 is 2.54 bits per heavy atom. The summed E-state index contributed by atoms with van der Waals surface area (Å²) in [5.41, 5.74) is 0.866. The zero-order valence-electron chi connectivity index (χ0n) is 14.1. The fraction of sp³-hybridized carbons (Fsp3) is 0.235. The lowest BCUT2D eigenvalue weighted by Crippen LogP contribution is -2.16. The van der Waals surface area contributed by atoms with Crippen LogP contribution in [0.2, 0.25) is 0 Å². The first-order valence-electron chi connectivity index (χ1n) is 7.90. The number of nitrogens with zero attached hydrogens (tertiary/aromatic N) is 2. The molecule has 0 saturated heterocycles. The van der Waals surface area contributed by atoms with Crippen LogP contribution in [0.4, 0.5) is 0 Å². The van der Waals surface area contributed by atoms with Gasteiger partial charge >= 0.3 is 0 Å². The number of hydrogen-bond acceptors (Lipinski definition) is 6. The summed E-state index contributed by atoms with van der Waals surface area (Å²) in [5.74, 6) is 1.90. The lowest BCUT2D eigenvalue weighted by Gasteiger charge is -2.03. The summed E-state index contributed by atoms with van der Waals surface area (Å²) in [6.07, 6.45) is 0. The van der Waals surface area contributed by atoms with E-state index in [0.717, 1.165) is 10.2 Å². The van der Waals surface area contributed by atoms with Gasteiger partial charge in [0.05, 0.1) is 22.2 Å². The molecule has 0 unspecified atom stereocenters. The Morgan fingerprint density at radius 2 is 1.88 bits per heavy atom. The molecular weight excluding hydrogens is 376 g/mol. The van der Waals surface area contributed by atoms with Crippen LogP contribution in [-0.4, -0.2) is 26.9 Å². The average Bonchev–Trinajstić information content (AvgIpc) is 3.22. The number of fused-ring (bicyclic) bond motifs is 2. The summed E-state index contributed by atoms with van der Waals surface area (Å²) in [6, 6.07) is 9.88. The number of aromatic nitrogens is 1. The second kappa shape index (κ2) is 6.33. The first kappa shape index (κ1) is 16.9. The van der Waals surface area contributed by atoms with Crippen molar-refractivity contribution in [2.24, 2.45) is 4.40 Å². The number of thiazole rings is 1. The topological polar surface area (TPSA) is 79.1 Å². The first-order valence-corrected chi connectivity index (χ1v) is 10.2. The highest BCUT2D eigenvalue weighted by atomic mass is 32.2. The van der Waals surface area contributed by atoms with Gasteiger partial charge in [0, 0.05) is 18.7 Å². The van der Waals surface area contributed by atoms with E-state index in [2.05, 4.69) is 4.40 Å². The summed E-state index contributed by atoms with van der Waals surface area (Å²) >= 11 is 1.30. The van der Waals surface area contributed by atoms with E-state index in [0.29, 0.717) is 28.6 Å². The van der Waals surface area contributed by atoms with Gasteiger partial charge in [0.1, 0.15) is 5.75 Å². The zero-order chi connectivity index (χ0) is 18.3. The summed E-state index contributed by atoms with van der Waals surface area (Å²) in [5, 5.41) is 0. The van der Waals surface area contributed by atoms with Crippen molar-refractivity contribution in [2.45, 2.75) is 18.4 Å². The van der Waals surface area contributed by atoms with Crippen LogP contribution in [0.15, 0.2) is 45.7 Å². The lowest BCUT2D eigenvalue weighted by molar-refractivity contribution is 0.174. The Kier molecular flexibility index (Phi) is 4.12. The molecular formula is C17H16N2O5S2. The number of hydrogen-bond donors (Lipinski definition) is 0. The number of rotatable bonds is 4. The molecule has 0 aliphatic carbocycles. The minimum atomic E-state index is -3.83. The standard InChI is InChI=1S/C17H16N2O5S2/c1-3-19-13-8-14-15(24-10-23-14)9-16(13)25-17(19)18-26(20,21)12-6-4-11(22-2)5-7-12/h4-9H,3,10H2,1-2H3/b18-17-. The fourth-order valence-corrected chi connectivity index (χ4v) is 5.05. The molecule has 0 saturated carbocycles. The predicted octanol–water partition coefficient (Wildman–Crippen LogP) is 2.75. The molecule has 3 aromatic rings. The second-order valence-electron chi connectivity index (χ2n) is 5.54. The smallest absolute Gasteiger partial charge is 0.285 e. The maximum absolute atomic E-state index is 12.7. The van der Waals surface area contributed by atoms with Crippen molar-refractivity contribution >= 4 is 31.6 Å². The van der Waals surface area contributed by atoms with E-state index >= 15 is 0 Å². The predicted molar refractivity (Wildman–Crippen MR) is 97.4 cm³/mol. The minimum absolute atomic E-state index is 0.118. The molecule has 0 atom stereocenters. The van der Waals surface area contributed by atoms with E-state index < -0.39 is 10.0 Å². The van der Waals surface area contributed by atoms with Gasteiger partial charge in [0.15, 0.2) is 11.5 Å². The van der Waals surface area contributed by atoms with Crippen LogP contribution in [0.5, 0.6) is 17.2 Å². The summed E-state index contributed by atoms with van der Waals surface area (Å²) in [7, 11) is -2.31. The largest absolute Gasteiger partial charge is 0.497 e. The van der Waals surface area contributed by atoms with Crippen molar-refractivity contribution in [3.63, 3.8) is 0 Å². The monoisotopic (exact) mass is 392 g/mol.